The molecule has 0 aliphatic carbocycles. The Morgan fingerprint density at radius 1 is 1.64 bits per heavy atom. The molecule has 1 amide bonds. The lowest BCUT2D eigenvalue weighted by Gasteiger charge is -2.09. The van der Waals surface area contributed by atoms with Gasteiger partial charge in [-0.25, -0.2) is 8.78 Å². The van der Waals surface area contributed by atoms with Crippen LogP contribution in [-0.4, -0.2) is 18.4 Å². The van der Waals surface area contributed by atoms with Gasteiger partial charge >= 0.3 is 0 Å². The first-order valence-corrected chi connectivity index (χ1v) is 4.59. The van der Waals surface area contributed by atoms with Crippen LogP contribution in [0.5, 0.6) is 0 Å². The second-order valence-corrected chi connectivity index (χ2v) is 3.64. The molecule has 0 saturated heterocycles. The van der Waals surface area contributed by atoms with Gasteiger partial charge in [-0.1, -0.05) is 0 Å². The Hall–Kier alpha value is -0.910. The molecule has 0 aliphatic rings. The summed E-state index contributed by atoms with van der Waals surface area (Å²) in [6.45, 7) is 0.0233. The van der Waals surface area contributed by atoms with Gasteiger partial charge in [0.1, 0.15) is 0 Å². The zero-order chi connectivity index (χ0) is 10.8. The number of nitrogens with one attached hydrogen (secondary N) is 1. The number of alkyl halides is 2. The molecule has 0 bridgehead atoms. The molecular formula is C8H8BrF2NO2. The second kappa shape index (κ2) is 4.08. The average Bonchev–Trinajstić information content (AvgIpc) is 2.46. The number of carbonyl (C=O) groups excluding carboxylic acids is 1. The largest absolute Gasteiger partial charge is 0.444 e. The number of amides is 1. The summed E-state index contributed by atoms with van der Waals surface area (Å²) < 4.78 is 29.9. The highest BCUT2D eigenvalue weighted by atomic mass is 79.9. The maximum atomic E-state index is 12.3. The Kier molecular flexibility index (Phi) is 3.25. The van der Waals surface area contributed by atoms with Gasteiger partial charge in [-0.2, -0.15) is 0 Å². The van der Waals surface area contributed by atoms with Crippen molar-refractivity contribution in [3.8, 4) is 0 Å². The third kappa shape index (κ3) is 3.45. The van der Waals surface area contributed by atoms with Crippen molar-refractivity contribution in [1.82, 2.24) is 5.32 Å². The molecule has 1 rings (SSSR count). The molecule has 1 heterocycles. The molecule has 0 saturated carbocycles. The maximum Gasteiger partial charge on any atom is 0.287 e. The van der Waals surface area contributed by atoms with Crippen LogP contribution in [0.2, 0.25) is 0 Å². The molecule has 1 aromatic heterocycles. The summed E-state index contributed by atoms with van der Waals surface area (Å²) in [5.74, 6) is -3.57. The Morgan fingerprint density at radius 2 is 2.29 bits per heavy atom. The third-order valence-corrected chi connectivity index (χ3v) is 1.78. The summed E-state index contributed by atoms with van der Waals surface area (Å²) >= 11 is 3.00. The molecule has 6 heteroatoms. The van der Waals surface area contributed by atoms with Crippen LogP contribution in [0, 0.1) is 0 Å². The molecule has 0 unspecified atom stereocenters. The fraction of sp³-hybridized carbons (Fsp3) is 0.375. The van der Waals surface area contributed by atoms with Gasteiger partial charge in [-0.05, 0) is 28.1 Å². The predicted octanol–water partition coefficient (Wildman–Crippen LogP) is 2.43. The fourth-order valence-electron chi connectivity index (χ4n) is 0.759. The third-order valence-electron chi connectivity index (χ3n) is 1.36. The van der Waals surface area contributed by atoms with Crippen molar-refractivity contribution >= 4 is 21.8 Å². The maximum absolute atomic E-state index is 12.3. The summed E-state index contributed by atoms with van der Waals surface area (Å²) in [5.41, 5.74) is 0. The average molecular weight is 268 g/mol. The van der Waals surface area contributed by atoms with Crippen molar-refractivity contribution in [1.29, 1.82) is 0 Å². The first kappa shape index (κ1) is 11.2. The SMILES string of the molecule is CC(F)(F)CNC(=O)c1ccc(Br)o1. The van der Waals surface area contributed by atoms with E-state index < -0.39 is 18.4 Å². The topological polar surface area (TPSA) is 42.2 Å². The second-order valence-electron chi connectivity index (χ2n) is 2.86. The molecule has 1 N–H and O–H groups in total. The van der Waals surface area contributed by atoms with E-state index in [9.17, 15) is 13.6 Å². The summed E-state index contributed by atoms with van der Waals surface area (Å²) in [6.07, 6.45) is 0. The summed E-state index contributed by atoms with van der Waals surface area (Å²) in [4.78, 5) is 11.1. The molecular weight excluding hydrogens is 260 g/mol. The van der Waals surface area contributed by atoms with E-state index in [0.29, 0.717) is 4.67 Å². The molecule has 78 valence electrons. The van der Waals surface area contributed by atoms with Crippen LogP contribution in [0.15, 0.2) is 21.2 Å². The van der Waals surface area contributed by atoms with Crippen molar-refractivity contribution in [3.63, 3.8) is 0 Å². The van der Waals surface area contributed by atoms with Crippen molar-refractivity contribution in [2.75, 3.05) is 6.54 Å². The highest BCUT2D eigenvalue weighted by Gasteiger charge is 2.22. The molecule has 0 radical (unpaired) electrons. The van der Waals surface area contributed by atoms with Gasteiger partial charge in [0.05, 0.1) is 6.54 Å². The minimum absolute atomic E-state index is 0.00104. The zero-order valence-electron chi connectivity index (χ0n) is 7.31. The van der Waals surface area contributed by atoms with Gasteiger partial charge < -0.3 is 9.73 Å². The Bertz CT molecular complexity index is 332. The lowest BCUT2D eigenvalue weighted by molar-refractivity contribution is 0.0217. The highest BCUT2D eigenvalue weighted by Crippen LogP contribution is 2.14. The van der Waals surface area contributed by atoms with E-state index in [2.05, 4.69) is 15.9 Å². The van der Waals surface area contributed by atoms with Gasteiger partial charge in [0, 0.05) is 6.92 Å². The minimum Gasteiger partial charge on any atom is -0.444 e. The molecule has 0 aliphatic heterocycles. The van der Waals surface area contributed by atoms with E-state index in [1.807, 2.05) is 5.32 Å². The number of carbonyl (C=O) groups is 1. The van der Waals surface area contributed by atoms with Gasteiger partial charge in [-0.3, -0.25) is 4.79 Å². The van der Waals surface area contributed by atoms with Crippen LogP contribution in [0.4, 0.5) is 8.78 Å². The van der Waals surface area contributed by atoms with E-state index >= 15 is 0 Å². The Balaban J connectivity index is 2.52. The number of hydrogen-bond acceptors (Lipinski definition) is 2. The van der Waals surface area contributed by atoms with Crippen LogP contribution in [0.1, 0.15) is 17.5 Å². The number of rotatable bonds is 3. The van der Waals surface area contributed by atoms with Gasteiger partial charge in [0.15, 0.2) is 10.4 Å². The lowest BCUT2D eigenvalue weighted by Crippen LogP contribution is -2.34. The predicted molar refractivity (Wildman–Crippen MR) is 49.4 cm³/mol. The molecule has 3 nitrogen and oxygen atoms in total. The van der Waals surface area contributed by atoms with Crippen LogP contribution in [0.3, 0.4) is 0 Å². The number of furan rings is 1. The Labute approximate surface area is 87.6 Å². The highest BCUT2D eigenvalue weighted by molar-refractivity contribution is 9.10. The van der Waals surface area contributed by atoms with Gasteiger partial charge in [0.25, 0.3) is 11.8 Å². The summed E-state index contributed by atoms with van der Waals surface area (Å²) in [5, 5.41) is 2.05. The molecule has 0 aromatic carbocycles. The van der Waals surface area contributed by atoms with E-state index in [1.54, 1.807) is 0 Å². The standard InChI is InChI=1S/C8H8BrF2NO2/c1-8(10,11)4-12-7(13)5-2-3-6(9)14-5/h2-3H,4H2,1H3,(H,12,13). The van der Waals surface area contributed by atoms with E-state index in [0.717, 1.165) is 6.92 Å². The molecule has 0 atom stereocenters. The van der Waals surface area contributed by atoms with Crippen molar-refractivity contribution in [2.45, 2.75) is 12.8 Å². The minimum atomic E-state index is -2.92. The normalized spacial score (nSPS) is 11.4. The molecule has 0 spiro atoms. The van der Waals surface area contributed by atoms with Crippen LogP contribution >= 0.6 is 15.9 Å². The molecule has 0 fully saturated rings. The van der Waals surface area contributed by atoms with Crippen molar-refractivity contribution in [2.24, 2.45) is 0 Å². The van der Waals surface area contributed by atoms with E-state index in [-0.39, 0.29) is 5.76 Å². The Morgan fingerprint density at radius 3 is 2.71 bits per heavy atom. The lowest BCUT2D eigenvalue weighted by atomic mass is 10.3. The van der Waals surface area contributed by atoms with Gasteiger partial charge in [-0.15, -0.1) is 0 Å². The summed E-state index contributed by atoms with van der Waals surface area (Å²) in [7, 11) is 0. The first-order valence-electron chi connectivity index (χ1n) is 3.80. The number of hydrogen-bond donors (Lipinski definition) is 1. The smallest absolute Gasteiger partial charge is 0.287 e. The fourth-order valence-corrected chi connectivity index (χ4v) is 1.07. The number of halogens is 3. The van der Waals surface area contributed by atoms with E-state index in [1.165, 1.54) is 12.1 Å². The molecule has 14 heavy (non-hydrogen) atoms. The quantitative estimate of drug-likeness (QED) is 0.914. The van der Waals surface area contributed by atoms with Gasteiger partial charge in [0.2, 0.25) is 0 Å². The van der Waals surface area contributed by atoms with Crippen LogP contribution in [-0.2, 0) is 0 Å². The van der Waals surface area contributed by atoms with Crippen LogP contribution < -0.4 is 5.32 Å². The monoisotopic (exact) mass is 267 g/mol. The first-order chi connectivity index (χ1) is 6.38. The van der Waals surface area contributed by atoms with E-state index in [4.69, 9.17) is 4.42 Å². The molecule has 1 aromatic rings. The van der Waals surface area contributed by atoms with Crippen molar-refractivity contribution in [3.05, 3.63) is 22.6 Å². The summed E-state index contributed by atoms with van der Waals surface area (Å²) in [6, 6.07) is 2.91. The zero-order valence-corrected chi connectivity index (χ0v) is 8.90. The van der Waals surface area contributed by atoms with Crippen LogP contribution in [0.25, 0.3) is 0 Å². The van der Waals surface area contributed by atoms with Crippen molar-refractivity contribution < 1.29 is 18.0 Å².